The molecular formula is C46H50N8O6. The van der Waals surface area contributed by atoms with Crippen molar-refractivity contribution in [2.45, 2.75) is 89.6 Å². The smallest absolute Gasteiger partial charge is 0.407 e. The minimum atomic E-state index is -0.767. The first-order valence-corrected chi connectivity index (χ1v) is 20.4. The highest BCUT2D eigenvalue weighted by molar-refractivity contribution is 5.88. The van der Waals surface area contributed by atoms with Gasteiger partial charge in [-0.05, 0) is 59.8 Å². The molecule has 2 saturated heterocycles. The van der Waals surface area contributed by atoms with Crippen LogP contribution < -0.4 is 10.6 Å². The lowest BCUT2D eigenvalue weighted by Gasteiger charge is -2.31. The van der Waals surface area contributed by atoms with E-state index in [0.717, 1.165) is 46.5 Å². The molecule has 60 heavy (non-hydrogen) atoms. The van der Waals surface area contributed by atoms with Crippen LogP contribution >= 0.6 is 0 Å². The SMILES string of the molecule is C#C[C@@]12CC1N(C(=O)[C@@H](NC(=O)OC)C(C)C)[C@H](c1ncc(-c3ccc(-c4ccc(-c5cnc([C@@H]6C[C@]7(C#C)CC7N6C(=O)[C@@H](NC(=O)OC)C(C)C)[nH]5)cc4)cc3)[nH]1)C2. The second kappa shape index (κ2) is 15.2. The summed E-state index contributed by atoms with van der Waals surface area (Å²) in [6.07, 6.45) is 16.8. The number of nitrogens with zero attached hydrogens (tertiary/aromatic N) is 4. The number of amides is 4. The molecule has 0 bridgehead atoms. The summed E-state index contributed by atoms with van der Waals surface area (Å²) in [7, 11) is 2.55. The van der Waals surface area contributed by atoms with Crippen molar-refractivity contribution >= 4 is 24.0 Å². The Morgan fingerprint density at radius 2 is 1.00 bits per heavy atom. The van der Waals surface area contributed by atoms with Crippen LogP contribution in [0, 0.1) is 47.4 Å². The Balaban J connectivity index is 0.961. The van der Waals surface area contributed by atoms with Gasteiger partial charge in [-0.15, -0.1) is 12.8 Å². The summed E-state index contributed by atoms with van der Waals surface area (Å²) in [6, 6.07) is 13.8. The highest BCUT2D eigenvalue weighted by atomic mass is 16.5. The van der Waals surface area contributed by atoms with Gasteiger partial charge in [-0.3, -0.25) is 9.59 Å². The van der Waals surface area contributed by atoms with Crippen LogP contribution in [-0.4, -0.2) is 92.1 Å². The second-order valence-electron chi connectivity index (χ2n) is 17.2. The van der Waals surface area contributed by atoms with E-state index in [1.807, 2.05) is 61.8 Å². The van der Waals surface area contributed by atoms with E-state index in [4.69, 9.17) is 32.3 Å². The van der Waals surface area contributed by atoms with Gasteiger partial charge in [0, 0.05) is 0 Å². The number of carbonyl (C=O) groups excluding carboxylic acids is 4. The van der Waals surface area contributed by atoms with E-state index in [0.29, 0.717) is 24.5 Å². The molecule has 2 aliphatic carbocycles. The molecule has 4 heterocycles. The van der Waals surface area contributed by atoms with Crippen molar-refractivity contribution in [2.75, 3.05) is 14.2 Å². The first-order chi connectivity index (χ1) is 28.8. The third kappa shape index (κ3) is 6.93. The summed E-state index contributed by atoms with van der Waals surface area (Å²) in [6.45, 7) is 7.54. The lowest BCUT2D eigenvalue weighted by Crippen LogP contribution is -2.52. The Morgan fingerprint density at radius 1 is 0.650 bits per heavy atom. The Kier molecular flexibility index (Phi) is 10.2. The first kappa shape index (κ1) is 40.2. The minimum Gasteiger partial charge on any atom is -0.453 e. The van der Waals surface area contributed by atoms with E-state index in [1.165, 1.54) is 14.2 Å². The fourth-order valence-electron chi connectivity index (χ4n) is 9.27. The molecule has 4 fully saturated rings. The van der Waals surface area contributed by atoms with Crippen LogP contribution in [-0.2, 0) is 19.1 Å². The molecule has 2 unspecified atom stereocenters. The standard InChI is InChI=1S/C46H50N8O6/c1-9-45-19-33(53(35(45)21-45)41(55)37(25(3)4)51-43(57)59-7)39-47-23-31(49-39)29-15-11-27(12-16-29)28-13-17-30(18-14-28)32-24-48-40(50-32)34-20-46(10-2)22-36(46)54(34)42(56)38(26(5)6)52-44(58)60-8/h1-2,11-18,23-26,33-38H,19-22H2,3-8H3,(H,47,49)(H,48,50)(H,51,57)(H,52,58)/t33-,34-,35?,36?,37-,38-,45+,46+/m0/s1. The van der Waals surface area contributed by atoms with Crippen molar-refractivity contribution < 1.29 is 28.7 Å². The van der Waals surface area contributed by atoms with E-state index >= 15 is 0 Å². The molecule has 14 heteroatoms. The molecule has 4 amide bonds. The molecule has 2 saturated carbocycles. The van der Waals surface area contributed by atoms with Gasteiger partial charge in [0.15, 0.2) is 0 Å². The highest BCUT2D eigenvalue weighted by Crippen LogP contribution is 2.64. The summed E-state index contributed by atoms with van der Waals surface area (Å²) in [5.74, 6) is 6.45. The van der Waals surface area contributed by atoms with Crippen molar-refractivity contribution in [1.82, 2.24) is 40.4 Å². The van der Waals surface area contributed by atoms with E-state index in [1.54, 1.807) is 12.4 Å². The molecule has 4 N–H and O–H groups in total. The summed E-state index contributed by atoms with van der Waals surface area (Å²) in [5, 5.41) is 5.42. The van der Waals surface area contributed by atoms with Crippen LogP contribution in [0.1, 0.15) is 77.1 Å². The minimum absolute atomic E-state index is 0.115. The van der Waals surface area contributed by atoms with Gasteiger partial charge in [-0.1, -0.05) is 88.1 Å². The van der Waals surface area contributed by atoms with Crippen molar-refractivity contribution in [2.24, 2.45) is 22.7 Å². The molecule has 2 aliphatic heterocycles. The fraction of sp³-hybridized carbons (Fsp3) is 0.435. The molecule has 14 nitrogen and oxygen atoms in total. The lowest BCUT2D eigenvalue weighted by atomic mass is 9.99. The molecular weight excluding hydrogens is 761 g/mol. The molecule has 4 aliphatic rings. The van der Waals surface area contributed by atoms with Gasteiger partial charge in [0.1, 0.15) is 23.7 Å². The normalized spacial score (nSPS) is 25.7. The number of hydrogen-bond donors (Lipinski definition) is 4. The maximum Gasteiger partial charge on any atom is 0.407 e. The van der Waals surface area contributed by atoms with E-state index in [-0.39, 0.29) is 47.8 Å². The van der Waals surface area contributed by atoms with Crippen molar-refractivity contribution in [3.05, 3.63) is 72.6 Å². The quantitative estimate of drug-likeness (QED) is 0.129. The molecule has 310 valence electrons. The van der Waals surface area contributed by atoms with Crippen LogP contribution in [0.25, 0.3) is 33.6 Å². The summed E-state index contributed by atoms with van der Waals surface area (Å²) in [4.78, 5) is 72.2. The zero-order valence-electron chi connectivity index (χ0n) is 34.6. The Bertz CT molecular complexity index is 2240. The van der Waals surface area contributed by atoms with Crippen molar-refractivity contribution in [3.8, 4) is 58.3 Å². The maximum absolute atomic E-state index is 14.0. The largest absolute Gasteiger partial charge is 0.453 e. The maximum atomic E-state index is 14.0. The molecule has 2 aromatic carbocycles. The van der Waals surface area contributed by atoms with Crippen LogP contribution in [0.4, 0.5) is 9.59 Å². The number of ether oxygens (including phenoxy) is 2. The average Bonchev–Trinajstić information content (AvgIpc) is 3.73. The highest BCUT2D eigenvalue weighted by Gasteiger charge is 2.67. The van der Waals surface area contributed by atoms with Gasteiger partial charge in [-0.25, -0.2) is 19.6 Å². The van der Waals surface area contributed by atoms with Gasteiger partial charge in [0.2, 0.25) is 11.8 Å². The number of imidazole rings is 2. The topological polar surface area (TPSA) is 175 Å². The van der Waals surface area contributed by atoms with Crippen LogP contribution in [0.5, 0.6) is 0 Å². The lowest BCUT2D eigenvalue weighted by molar-refractivity contribution is -0.137. The van der Waals surface area contributed by atoms with E-state index < -0.39 is 35.1 Å². The predicted molar refractivity (Wildman–Crippen MR) is 223 cm³/mol. The van der Waals surface area contributed by atoms with Crippen LogP contribution in [0.2, 0.25) is 0 Å². The Labute approximate surface area is 349 Å². The number of aromatic amines is 2. The number of nitrogens with one attached hydrogen (secondary N) is 4. The molecule has 8 atom stereocenters. The average molecular weight is 811 g/mol. The second-order valence-corrected chi connectivity index (χ2v) is 17.2. The Morgan fingerprint density at radius 3 is 1.32 bits per heavy atom. The predicted octanol–water partition coefficient (Wildman–Crippen LogP) is 6.23. The fourth-order valence-corrected chi connectivity index (χ4v) is 9.27. The number of hydrogen-bond acceptors (Lipinski definition) is 8. The molecule has 0 radical (unpaired) electrons. The number of piperidine rings is 2. The number of terminal acetylenes is 2. The molecule has 4 aromatic rings. The zero-order chi connectivity index (χ0) is 42.7. The number of rotatable bonds is 11. The number of H-pyrrole nitrogens is 2. The number of fused-ring (bicyclic) bond motifs is 2. The van der Waals surface area contributed by atoms with Gasteiger partial charge >= 0.3 is 12.2 Å². The number of carbonyl (C=O) groups is 4. The number of benzene rings is 2. The third-order valence-electron chi connectivity index (χ3n) is 12.9. The monoisotopic (exact) mass is 810 g/mol. The first-order valence-electron chi connectivity index (χ1n) is 20.4. The summed E-state index contributed by atoms with van der Waals surface area (Å²) in [5.41, 5.74) is 4.74. The molecule has 8 rings (SSSR count). The van der Waals surface area contributed by atoms with E-state index in [2.05, 4.69) is 56.7 Å². The number of methoxy groups -OCH3 is 2. The van der Waals surface area contributed by atoms with Crippen LogP contribution in [0.3, 0.4) is 0 Å². The number of alkyl carbamates (subject to hydrolysis) is 2. The Hall–Kier alpha value is -6.54. The molecule has 0 spiro atoms. The molecule has 2 aromatic heterocycles. The van der Waals surface area contributed by atoms with Gasteiger partial charge in [0.05, 0.1) is 73.0 Å². The third-order valence-corrected chi connectivity index (χ3v) is 12.9. The van der Waals surface area contributed by atoms with Gasteiger partial charge < -0.3 is 39.9 Å². The zero-order valence-corrected chi connectivity index (χ0v) is 34.6. The number of aromatic nitrogens is 4. The summed E-state index contributed by atoms with van der Waals surface area (Å²) < 4.78 is 9.60. The van der Waals surface area contributed by atoms with Crippen molar-refractivity contribution in [1.29, 1.82) is 0 Å². The van der Waals surface area contributed by atoms with Gasteiger partial charge in [-0.2, -0.15) is 0 Å². The van der Waals surface area contributed by atoms with E-state index in [9.17, 15) is 19.2 Å². The summed E-state index contributed by atoms with van der Waals surface area (Å²) >= 11 is 0. The van der Waals surface area contributed by atoms with Crippen molar-refractivity contribution in [3.63, 3.8) is 0 Å². The number of likely N-dealkylation sites (tertiary alicyclic amines) is 2. The van der Waals surface area contributed by atoms with Gasteiger partial charge in [0.25, 0.3) is 0 Å². The van der Waals surface area contributed by atoms with Crippen LogP contribution in [0.15, 0.2) is 60.9 Å².